The Morgan fingerprint density at radius 3 is 2.63 bits per heavy atom. The first-order chi connectivity index (χ1) is 18.4. The minimum Gasteiger partial charge on any atom is -0.474 e. The molecule has 0 radical (unpaired) electrons. The summed E-state index contributed by atoms with van der Waals surface area (Å²) in [4.78, 5) is 19.6. The number of carbonyl (C=O) groups is 1. The number of alkyl halides is 1. The molecule has 1 saturated heterocycles. The number of piperidine rings is 1. The average Bonchev–Trinajstić information content (AvgIpc) is 3.37. The minimum absolute atomic E-state index is 0.0256. The number of rotatable bonds is 8. The van der Waals surface area contributed by atoms with E-state index >= 15 is 4.39 Å². The van der Waals surface area contributed by atoms with Crippen molar-refractivity contribution in [3.8, 4) is 17.0 Å². The van der Waals surface area contributed by atoms with E-state index in [2.05, 4.69) is 20.6 Å². The maximum absolute atomic E-state index is 15.6. The van der Waals surface area contributed by atoms with Crippen molar-refractivity contribution in [2.45, 2.75) is 76.1 Å². The molecule has 3 aromatic rings. The molecular formula is C29H37FN6O2. The molecule has 38 heavy (non-hydrogen) atoms. The van der Waals surface area contributed by atoms with Gasteiger partial charge in [-0.1, -0.05) is 12.1 Å². The molecule has 1 aliphatic heterocycles. The quantitative estimate of drug-likeness (QED) is 0.446. The van der Waals surface area contributed by atoms with Crippen LogP contribution in [-0.2, 0) is 0 Å². The van der Waals surface area contributed by atoms with Crippen LogP contribution in [0.5, 0.6) is 5.88 Å². The largest absolute Gasteiger partial charge is 0.474 e. The molecule has 2 saturated carbocycles. The maximum Gasteiger partial charge on any atom is 0.251 e. The van der Waals surface area contributed by atoms with Gasteiger partial charge in [-0.15, -0.1) is 0 Å². The second kappa shape index (κ2) is 10.2. The Morgan fingerprint density at radius 1 is 1.16 bits per heavy atom. The first-order valence-electron chi connectivity index (χ1n) is 14.0. The number of hydrogen-bond acceptors (Lipinski definition) is 6. The third kappa shape index (κ3) is 5.34. The summed E-state index contributed by atoms with van der Waals surface area (Å²) in [6.45, 7) is 3.66. The minimum atomic E-state index is -1.27. The van der Waals surface area contributed by atoms with E-state index in [-0.39, 0.29) is 18.6 Å². The van der Waals surface area contributed by atoms with Gasteiger partial charge >= 0.3 is 0 Å². The monoisotopic (exact) mass is 520 g/mol. The lowest BCUT2D eigenvalue weighted by atomic mass is 9.93. The van der Waals surface area contributed by atoms with Gasteiger partial charge in [-0.05, 0) is 82.5 Å². The van der Waals surface area contributed by atoms with Crippen LogP contribution in [-0.4, -0.2) is 69.9 Å². The number of carbonyl (C=O) groups excluding carboxylic acids is 1. The van der Waals surface area contributed by atoms with Crippen molar-refractivity contribution in [3.05, 3.63) is 41.6 Å². The second-order valence-corrected chi connectivity index (χ2v) is 11.4. The number of fused-ring (bicyclic) bond motifs is 1. The standard InChI is InChI=1S/C29H37FN6O2/c1-19-15-20(7-10-23(19)28(37)33-21-8-9-21)24-17-32-36-25(31-18-29(30)11-13-35(2)14-12-29)16-26(34-27(24)36)38-22-5-3-4-6-22/h7,10,15-17,21-22,31H,3-6,8-9,11-14,18H2,1-2H3,(H,33,37). The Kier molecular flexibility index (Phi) is 6.72. The van der Waals surface area contributed by atoms with E-state index in [0.717, 1.165) is 68.3 Å². The van der Waals surface area contributed by atoms with Crippen LogP contribution in [0.2, 0.25) is 0 Å². The van der Waals surface area contributed by atoms with E-state index in [1.54, 1.807) is 10.7 Å². The first kappa shape index (κ1) is 25.1. The SMILES string of the molecule is Cc1cc(-c2cnn3c(NCC4(F)CCN(C)CC4)cc(OC4CCCC4)nc23)ccc1C(=O)NC1CC1. The molecule has 6 rings (SSSR count). The summed E-state index contributed by atoms with van der Waals surface area (Å²) in [5.41, 5.74) is 2.74. The number of nitrogens with zero attached hydrogens (tertiary/aromatic N) is 4. The number of hydrogen-bond donors (Lipinski definition) is 2. The Morgan fingerprint density at radius 2 is 1.92 bits per heavy atom. The third-order valence-corrected chi connectivity index (χ3v) is 8.20. The number of amides is 1. The molecular weight excluding hydrogens is 483 g/mol. The highest BCUT2D eigenvalue weighted by molar-refractivity contribution is 5.97. The molecule has 2 aliphatic carbocycles. The van der Waals surface area contributed by atoms with Gasteiger partial charge in [0, 0.05) is 36.3 Å². The number of anilines is 1. The number of aromatic nitrogens is 3. The predicted octanol–water partition coefficient (Wildman–Crippen LogP) is 4.76. The first-order valence-corrected chi connectivity index (χ1v) is 14.0. The number of aryl methyl sites for hydroxylation is 1. The molecule has 0 atom stereocenters. The van der Waals surface area contributed by atoms with Gasteiger partial charge in [0.2, 0.25) is 5.88 Å². The summed E-state index contributed by atoms with van der Waals surface area (Å²) in [6, 6.07) is 7.98. The molecule has 3 aliphatic rings. The number of likely N-dealkylation sites (tertiary alicyclic amines) is 1. The van der Waals surface area contributed by atoms with Crippen LogP contribution in [0, 0.1) is 6.92 Å². The molecule has 3 heterocycles. The van der Waals surface area contributed by atoms with E-state index in [4.69, 9.17) is 9.72 Å². The maximum atomic E-state index is 15.6. The van der Waals surface area contributed by atoms with Crippen molar-refractivity contribution >= 4 is 17.4 Å². The summed E-state index contributed by atoms with van der Waals surface area (Å²) in [5.74, 6) is 1.17. The Bertz CT molecular complexity index is 1320. The summed E-state index contributed by atoms with van der Waals surface area (Å²) in [7, 11) is 2.03. The molecule has 3 fully saturated rings. The van der Waals surface area contributed by atoms with Crippen molar-refractivity contribution < 1.29 is 13.9 Å². The van der Waals surface area contributed by atoms with E-state index in [1.807, 2.05) is 38.2 Å². The van der Waals surface area contributed by atoms with Crippen LogP contribution in [0.4, 0.5) is 10.2 Å². The molecule has 0 spiro atoms. The van der Waals surface area contributed by atoms with Crippen LogP contribution in [0.3, 0.4) is 0 Å². The van der Waals surface area contributed by atoms with Gasteiger partial charge in [-0.2, -0.15) is 14.6 Å². The highest BCUT2D eigenvalue weighted by Gasteiger charge is 2.34. The zero-order valence-electron chi connectivity index (χ0n) is 22.3. The molecule has 2 N–H and O–H groups in total. The van der Waals surface area contributed by atoms with E-state index in [1.165, 1.54) is 0 Å². The molecule has 0 unspecified atom stereocenters. The fourth-order valence-electron chi connectivity index (χ4n) is 5.53. The van der Waals surface area contributed by atoms with Crippen molar-refractivity contribution in [1.29, 1.82) is 0 Å². The molecule has 0 bridgehead atoms. The van der Waals surface area contributed by atoms with E-state index in [9.17, 15) is 4.79 Å². The Hall–Kier alpha value is -3.20. The third-order valence-electron chi connectivity index (χ3n) is 8.20. The fourth-order valence-corrected chi connectivity index (χ4v) is 5.53. The second-order valence-electron chi connectivity index (χ2n) is 11.4. The lowest BCUT2D eigenvalue weighted by Crippen LogP contribution is -2.44. The van der Waals surface area contributed by atoms with Crippen LogP contribution >= 0.6 is 0 Å². The van der Waals surface area contributed by atoms with Crippen LogP contribution < -0.4 is 15.4 Å². The zero-order valence-corrected chi connectivity index (χ0v) is 22.3. The smallest absolute Gasteiger partial charge is 0.251 e. The van der Waals surface area contributed by atoms with Gasteiger partial charge in [0.05, 0.1) is 12.7 Å². The highest BCUT2D eigenvalue weighted by Crippen LogP contribution is 2.32. The summed E-state index contributed by atoms with van der Waals surface area (Å²) < 4.78 is 23.6. The van der Waals surface area contributed by atoms with Crippen molar-refractivity contribution in [2.24, 2.45) is 0 Å². The molecule has 8 nitrogen and oxygen atoms in total. The fraction of sp³-hybridized carbons (Fsp3) is 0.552. The van der Waals surface area contributed by atoms with Crippen molar-refractivity contribution in [3.63, 3.8) is 0 Å². The van der Waals surface area contributed by atoms with Crippen LogP contribution in [0.15, 0.2) is 30.5 Å². The Labute approximate surface area is 223 Å². The average molecular weight is 521 g/mol. The van der Waals surface area contributed by atoms with Gasteiger partial charge in [-0.25, -0.2) is 4.39 Å². The number of halogens is 1. The van der Waals surface area contributed by atoms with E-state index < -0.39 is 5.67 Å². The van der Waals surface area contributed by atoms with Gasteiger partial charge < -0.3 is 20.3 Å². The molecule has 2 aromatic heterocycles. The van der Waals surface area contributed by atoms with Crippen LogP contribution in [0.25, 0.3) is 16.8 Å². The number of benzene rings is 1. The summed E-state index contributed by atoms with van der Waals surface area (Å²) in [5, 5.41) is 11.0. The molecule has 1 aromatic carbocycles. The van der Waals surface area contributed by atoms with Gasteiger partial charge in [-0.3, -0.25) is 4.79 Å². The lowest BCUT2D eigenvalue weighted by Gasteiger charge is -2.34. The van der Waals surface area contributed by atoms with E-state index in [0.29, 0.717) is 41.8 Å². The normalized spacial score (nSPS) is 20.1. The summed E-state index contributed by atoms with van der Waals surface area (Å²) >= 11 is 0. The Balaban J connectivity index is 1.31. The van der Waals surface area contributed by atoms with Crippen molar-refractivity contribution in [2.75, 3.05) is 32.0 Å². The topological polar surface area (TPSA) is 83.8 Å². The van der Waals surface area contributed by atoms with Gasteiger partial charge in [0.15, 0.2) is 5.65 Å². The van der Waals surface area contributed by atoms with Gasteiger partial charge in [0.1, 0.15) is 17.6 Å². The predicted molar refractivity (Wildman–Crippen MR) is 146 cm³/mol. The molecule has 202 valence electrons. The molecule has 1 amide bonds. The van der Waals surface area contributed by atoms with Crippen molar-refractivity contribution in [1.82, 2.24) is 24.8 Å². The highest BCUT2D eigenvalue weighted by atomic mass is 19.1. The molecule has 9 heteroatoms. The van der Waals surface area contributed by atoms with Crippen LogP contribution in [0.1, 0.15) is 67.3 Å². The number of ether oxygens (including phenoxy) is 1. The zero-order chi connectivity index (χ0) is 26.3. The lowest BCUT2D eigenvalue weighted by molar-refractivity contribution is 0.0811. The number of nitrogens with one attached hydrogen (secondary N) is 2. The summed E-state index contributed by atoms with van der Waals surface area (Å²) in [6.07, 6.45) is 9.41. The van der Waals surface area contributed by atoms with Gasteiger partial charge in [0.25, 0.3) is 5.91 Å².